The Morgan fingerprint density at radius 1 is 1.06 bits per heavy atom. The number of carbonyl (C=O) groups is 3. The van der Waals surface area contributed by atoms with Crippen LogP contribution in [0.5, 0.6) is 17.2 Å². The van der Waals surface area contributed by atoms with E-state index in [4.69, 9.17) is 18.9 Å². The third kappa shape index (κ3) is 19.0. The van der Waals surface area contributed by atoms with Gasteiger partial charge in [0.25, 0.3) is 11.0 Å². The highest BCUT2D eigenvalue weighted by Crippen LogP contribution is 2.37. The average Bonchev–Trinajstić information content (AvgIpc) is 3.52. The smallest absolute Gasteiger partial charge is 0.330 e. The molecule has 2 aromatic rings. The van der Waals surface area contributed by atoms with Gasteiger partial charge in [0.2, 0.25) is 6.41 Å². The Balaban J connectivity index is 0.000000374. The molecule has 1 fully saturated rings. The molecule has 15 heteroatoms. The number of allylic oxidation sites excluding steroid dienone is 3. The maximum atomic E-state index is 14.1. The molecule has 0 bridgehead atoms. The largest absolute Gasteiger partial charge is 0.493 e. The van der Waals surface area contributed by atoms with Crippen LogP contribution in [0.1, 0.15) is 63.9 Å². The van der Waals surface area contributed by atoms with Crippen molar-refractivity contribution in [3.05, 3.63) is 94.6 Å². The average molecular weight is 761 g/mol. The summed E-state index contributed by atoms with van der Waals surface area (Å²) in [5.74, 6) is -3.22. The molecule has 0 aliphatic heterocycles. The number of nitrogens with zero attached hydrogens (tertiary/aromatic N) is 1. The molecule has 0 aromatic heterocycles. The van der Waals surface area contributed by atoms with Gasteiger partial charge in [-0.15, -0.1) is 10.1 Å². The Kier molecular flexibility index (Phi) is 21.3. The highest BCUT2D eigenvalue weighted by molar-refractivity contribution is 5.77. The van der Waals surface area contributed by atoms with Gasteiger partial charge in [-0.25, -0.2) is 4.79 Å². The Bertz CT molecular complexity index is 1520. The van der Waals surface area contributed by atoms with Gasteiger partial charge in [-0.2, -0.15) is 8.78 Å². The molecule has 13 nitrogen and oxygen atoms in total. The monoisotopic (exact) mass is 760 g/mol. The number of nitrogens with one attached hydrogen (secondary N) is 1. The van der Waals surface area contributed by atoms with Gasteiger partial charge in [-0.1, -0.05) is 68.3 Å². The lowest BCUT2D eigenvalue weighted by Gasteiger charge is -2.19. The van der Waals surface area contributed by atoms with Crippen molar-refractivity contribution in [3.63, 3.8) is 0 Å². The number of halogens is 2. The van der Waals surface area contributed by atoms with E-state index in [1.54, 1.807) is 54.6 Å². The summed E-state index contributed by atoms with van der Waals surface area (Å²) in [6, 6.07) is 13.4. The van der Waals surface area contributed by atoms with Crippen LogP contribution in [0.25, 0.3) is 6.08 Å². The molecule has 2 N–H and O–H groups in total. The second-order valence-corrected chi connectivity index (χ2v) is 12.2. The molecule has 1 unspecified atom stereocenters. The van der Waals surface area contributed by atoms with Crippen LogP contribution in [0, 0.1) is 22.0 Å². The zero-order valence-corrected chi connectivity index (χ0v) is 30.6. The topological polar surface area (TPSA) is 173 Å². The molecule has 1 saturated carbocycles. The molecule has 1 amide bonds. The number of esters is 2. The lowest BCUT2D eigenvalue weighted by molar-refractivity contribution is -0.757. The SMILES string of the molecule is CCCC/C=C\C[C@@H]1C(/C=C/C(F)(F)COc2ccccc2)CC[C@@H]1O.COc1cc(/C=C/COC(=O)CCCO[N+](=O)[O-])ccc1OC(=O)CNC=O. The van der Waals surface area contributed by atoms with Crippen molar-refractivity contribution in [1.82, 2.24) is 5.32 Å². The van der Waals surface area contributed by atoms with Gasteiger partial charge < -0.3 is 34.2 Å². The van der Waals surface area contributed by atoms with Gasteiger partial charge >= 0.3 is 11.9 Å². The number of amides is 1. The van der Waals surface area contributed by atoms with E-state index >= 15 is 0 Å². The highest BCUT2D eigenvalue weighted by Gasteiger charge is 2.34. The molecule has 1 aliphatic carbocycles. The summed E-state index contributed by atoms with van der Waals surface area (Å²) in [7, 11) is 1.41. The molecular formula is C39H50F2N2O11. The summed E-state index contributed by atoms with van der Waals surface area (Å²) in [5.41, 5.74) is 0.707. The molecule has 296 valence electrons. The number of aliphatic hydroxyl groups is 1. The maximum absolute atomic E-state index is 14.1. The predicted molar refractivity (Wildman–Crippen MR) is 196 cm³/mol. The quantitative estimate of drug-likeness (QED) is 0.0236. The molecule has 0 spiro atoms. The summed E-state index contributed by atoms with van der Waals surface area (Å²) in [6.07, 6.45) is 15.7. The molecule has 54 heavy (non-hydrogen) atoms. The number of carbonyl (C=O) groups excluding carboxylic acids is 3. The van der Waals surface area contributed by atoms with Crippen LogP contribution in [0.3, 0.4) is 0 Å². The zero-order valence-electron chi connectivity index (χ0n) is 30.6. The van der Waals surface area contributed by atoms with E-state index in [2.05, 4.69) is 29.2 Å². The van der Waals surface area contributed by atoms with E-state index in [0.29, 0.717) is 29.9 Å². The third-order valence-corrected chi connectivity index (χ3v) is 8.01. The van der Waals surface area contributed by atoms with Gasteiger partial charge in [-0.05, 0) is 85.9 Å². The normalized spacial score (nSPS) is 16.8. The number of aliphatic hydroxyl groups excluding tert-OH is 1. The van der Waals surface area contributed by atoms with E-state index in [9.17, 15) is 38.4 Å². The fourth-order valence-corrected chi connectivity index (χ4v) is 5.26. The van der Waals surface area contributed by atoms with Crippen LogP contribution in [0.15, 0.2) is 78.9 Å². The summed E-state index contributed by atoms with van der Waals surface area (Å²) in [6.45, 7) is 1.06. The minimum atomic E-state index is -3.02. The molecule has 1 aliphatic rings. The summed E-state index contributed by atoms with van der Waals surface area (Å²) in [4.78, 5) is 47.2. The molecule has 2 aromatic carbocycles. The first-order chi connectivity index (χ1) is 26.0. The van der Waals surface area contributed by atoms with E-state index in [1.165, 1.54) is 13.2 Å². The van der Waals surface area contributed by atoms with Crippen molar-refractivity contribution >= 4 is 24.4 Å². The van der Waals surface area contributed by atoms with Gasteiger partial charge in [0, 0.05) is 6.42 Å². The van der Waals surface area contributed by atoms with E-state index < -0.39 is 35.7 Å². The van der Waals surface area contributed by atoms with E-state index in [-0.39, 0.29) is 50.2 Å². The molecule has 3 rings (SSSR count). The van der Waals surface area contributed by atoms with Gasteiger partial charge in [0.1, 0.15) is 18.9 Å². The van der Waals surface area contributed by atoms with Crippen LogP contribution in [0.4, 0.5) is 8.78 Å². The Labute approximate surface area is 314 Å². The van der Waals surface area contributed by atoms with Crippen molar-refractivity contribution < 1.29 is 57.1 Å². The minimum Gasteiger partial charge on any atom is -0.493 e. The highest BCUT2D eigenvalue weighted by atomic mass is 19.3. The predicted octanol–water partition coefficient (Wildman–Crippen LogP) is 6.67. The molecule has 0 saturated heterocycles. The first kappa shape index (κ1) is 44.8. The number of rotatable bonds is 23. The number of methoxy groups -OCH3 is 1. The number of unbranched alkanes of at least 4 members (excludes halogenated alkanes) is 2. The summed E-state index contributed by atoms with van der Waals surface area (Å²) in [5, 5.41) is 21.4. The Morgan fingerprint density at radius 3 is 2.54 bits per heavy atom. The van der Waals surface area contributed by atoms with Crippen LogP contribution < -0.4 is 19.5 Å². The fraction of sp³-hybridized carbons (Fsp3) is 0.462. The first-order valence-electron chi connectivity index (χ1n) is 17.7. The van der Waals surface area contributed by atoms with Crippen molar-refractivity contribution in [2.45, 2.75) is 70.3 Å². The molecule has 3 atom stereocenters. The van der Waals surface area contributed by atoms with Crippen molar-refractivity contribution in [1.29, 1.82) is 0 Å². The van der Waals surface area contributed by atoms with Crippen LogP contribution in [-0.4, -0.2) is 74.0 Å². The lowest BCUT2D eigenvalue weighted by Crippen LogP contribution is -2.25. The van der Waals surface area contributed by atoms with Crippen molar-refractivity contribution in [3.8, 4) is 17.2 Å². The number of benzene rings is 2. The van der Waals surface area contributed by atoms with E-state index in [0.717, 1.165) is 38.2 Å². The van der Waals surface area contributed by atoms with Gasteiger partial charge in [0.15, 0.2) is 18.1 Å². The fourth-order valence-electron chi connectivity index (χ4n) is 5.26. The van der Waals surface area contributed by atoms with Crippen molar-refractivity contribution in [2.24, 2.45) is 11.8 Å². The Morgan fingerprint density at radius 2 is 1.83 bits per heavy atom. The second kappa shape index (κ2) is 25.6. The zero-order chi connectivity index (χ0) is 39.6. The number of hydrogen-bond donors (Lipinski definition) is 2. The van der Waals surface area contributed by atoms with Crippen LogP contribution >= 0.6 is 0 Å². The van der Waals surface area contributed by atoms with Crippen molar-refractivity contribution in [2.75, 3.05) is 33.5 Å². The first-order valence-corrected chi connectivity index (χ1v) is 17.7. The molecular weight excluding hydrogens is 710 g/mol. The minimum absolute atomic E-state index is 0.00846. The van der Waals surface area contributed by atoms with Gasteiger partial charge in [-0.3, -0.25) is 9.59 Å². The number of hydrogen-bond acceptors (Lipinski definition) is 11. The van der Waals surface area contributed by atoms with Gasteiger partial charge in [0.05, 0.1) is 19.8 Å². The maximum Gasteiger partial charge on any atom is 0.330 e. The van der Waals surface area contributed by atoms with E-state index in [1.807, 2.05) is 6.07 Å². The summed E-state index contributed by atoms with van der Waals surface area (Å²) < 4.78 is 48.6. The van der Waals surface area contributed by atoms with Crippen LogP contribution in [-0.2, 0) is 24.0 Å². The third-order valence-electron chi connectivity index (χ3n) is 8.01. The number of ether oxygens (including phenoxy) is 4. The number of alkyl halides is 2. The molecule has 0 radical (unpaired) electrons. The summed E-state index contributed by atoms with van der Waals surface area (Å²) >= 11 is 0. The molecule has 0 heterocycles. The lowest BCUT2D eigenvalue weighted by atomic mass is 9.90. The standard InChI is InChI=1S/C22H30F2O2.C17H20N2O9/c1-2-3-4-5-9-12-20-18(13-14-21(20)25)15-16-22(23,24)17-26-19-10-7-6-8-11-19;1-25-15-10-13(6-7-14(15)28-17(22)11-18-12-20)4-2-8-26-16(21)5-3-9-27-19(23)24/h5-11,15-16,18,20-21,25H,2-4,12-14,17H2,1H3;2,4,6-7,10,12H,3,5,8-9,11H2,1H3,(H,18,20)/b9-5-,16-15+;4-2+/t18?,20-,21+;/m1./s1. The number of para-hydroxylation sites is 1. The second-order valence-electron chi connectivity index (χ2n) is 12.2. The van der Waals surface area contributed by atoms with Crippen LogP contribution in [0.2, 0.25) is 0 Å². The Hall–Kier alpha value is -5.31.